The molecular weight excluding hydrogens is 224 g/mol. The number of nitrogens with two attached hydrogens (primary N) is 1. The number of hydrogen-bond acceptors (Lipinski definition) is 3. The largest absolute Gasteiger partial charge is 0.381 e. The zero-order valence-electron chi connectivity index (χ0n) is 8.95. The minimum absolute atomic E-state index is 0.0545. The molecular formula is C12H15ClN2O. The predicted molar refractivity (Wildman–Crippen MR) is 64.7 cm³/mol. The third-order valence-electron chi connectivity index (χ3n) is 3.58. The van der Waals surface area contributed by atoms with Gasteiger partial charge in [0.15, 0.2) is 0 Å². The van der Waals surface area contributed by atoms with Gasteiger partial charge in [-0.3, -0.25) is 0 Å². The molecule has 2 aliphatic rings. The van der Waals surface area contributed by atoms with Crippen LogP contribution in [-0.4, -0.2) is 19.3 Å². The molecule has 0 bridgehead atoms. The third kappa shape index (κ3) is 1.59. The molecule has 3 unspecified atom stereocenters. The molecule has 86 valence electrons. The van der Waals surface area contributed by atoms with E-state index in [0.29, 0.717) is 12.0 Å². The molecule has 3 nitrogen and oxygen atoms in total. The van der Waals surface area contributed by atoms with Crippen molar-refractivity contribution in [3.63, 3.8) is 0 Å². The molecule has 16 heavy (non-hydrogen) atoms. The summed E-state index contributed by atoms with van der Waals surface area (Å²) in [5.41, 5.74) is 8.52. The highest BCUT2D eigenvalue weighted by Crippen LogP contribution is 2.39. The Bertz CT molecular complexity index is 410. The van der Waals surface area contributed by atoms with E-state index >= 15 is 0 Å². The Hall–Kier alpha value is -0.770. The average Bonchev–Trinajstić information content (AvgIpc) is 2.29. The lowest BCUT2D eigenvalue weighted by Gasteiger charge is -2.41. The standard InChI is InChI=1S/C12H15ClN2O/c13-7-1-2-8-11(5-7)15-10-3-4-16-6-9(10)12(8)14/h1-2,5,9-10,12,15H,3-4,6,14H2. The SMILES string of the molecule is NC1c2ccc(Cl)cc2NC2CCOCC21. The molecule has 2 aliphatic heterocycles. The molecule has 4 heteroatoms. The van der Waals surface area contributed by atoms with Gasteiger partial charge >= 0.3 is 0 Å². The fourth-order valence-corrected chi connectivity index (χ4v) is 2.84. The van der Waals surface area contributed by atoms with Crippen molar-refractivity contribution in [3.05, 3.63) is 28.8 Å². The van der Waals surface area contributed by atoms with Crippen LogP contribution in [0.4, 0.5) is 5.69 Å². The van der Waals surface area contributed by atoms with E-state index < -0.39 is 0 Å². The van der Waals surface area contributed by atoms with Crippen LogP contribution >= 0.6 is 11.6 Å². The average molecular weight is 239 g/mol. The van der Waals surface area contributed by atoms with E-state index in [1.165, 1.54) is 0 Å². The maximum atomic E-state index is 6.29. The molecule has 3 atom stereocenters. The van der Waals surface area contributed by atoms with Gasteiger partial charge in [-0.1, -0.05) is 17.7 Å². The first-order valence-corrected chi connectivity index (χ1v) is 6.03. The summed E-state index contributed by atoms with van der Waals surface area (Å²) in [6.07, 6.45) is 1.02. The molecule has 2 heterocycles. The van der Waals surface area contributed by atoms with E-state index in [-0.39, 0.29) is 6.04 Å². The molecule has 3 N–H and O–H groups in total. The van der Waals surface area contributed by atoms with E-state index in [0.717, 1.165) is 35.9 Å². The van der Waals surface area contributed by atoms with Crippen molar-refractivity contribution >= 4 is 17.3 Å². The maximum absolute atomic E-state index is 6.29. The van der Waals surface area contributed by atoms with E-state index in [1.807, 2.05) is 18.2 Å². The van der Waals surface area contributed by atoms with Crippen molar-refractivity contribution in [3.8, 4) is 0 Å². The summed E-state index contributed by atoms with van der Waals surface area (Å²) < 4.78 is 5.50. The molecule has 3 rings (SSSR count). The van der Waals surface area contributed by atoms with Crippen LogP contribution in [0.15, 0.2) is 18.2 Å². The Morgan fingerprint density at radius 3 is 3.19 bits per heavy atom. The van der Waals surface area contributed by atoms with Gasteiger partial charge in [-0.15, -0.1) is 0 Å². The smallest absolute Gasteiger partial charge is 0.0532 e. The second-order valence-electron chi connectivity index (χ2n) is 4.54. The molecule has 0 saturated carbocycles. The normalized spacial score (nSPS) is 32.5. The first kappa shape index (κ1) is 10.4. The Balaban J connectivity index is 1.99. The van der Waals surface area contributed by atoms with E-state index in [9.17, 15) is 0 Å². The monoisotopic (exact) mass is 238 g/mol. The Labute approximate surface area is 99.9 Å². The highest BCUT2D eigenvalue weighted by Gasteiger charge is 2.36. The number of fused-ring (bicyclic) bond motifs is 2. The van der Waals surface area contributed by atoms with Gasteiger partial charge in [0.2, 0.25) is 0 Å². The highest BCUT2D eigenvalue weighted by molar-refractivity contribution is 6.30. The molecule has 0 aliphatic carbocycles. The lowest BCUT2D eigenvalue weighted by Crippen LogP contribution is -2.46. The Morgan fingerprint density at radius 2 is 2.31 bits per heavy atom. The quantitative estimate of drug-likeness (QED) is 0.728. The summed E-state index contributed by atoms with van der Waals surface area (Å²) in [7, 11) is 0. The van der Waals surface area contributed by atoms with Gasteiger partial charge in [0.1, 0.15) is 0 Å². The van der Waals surface area contributed by atoms with Crippen molar-refractivity contribution in [2.45, 2.75) is 18.5 Å². The van der Waals surface area contributed by atoms with Crippen molar-refractivity contribution in [1.29, 1.82) is 0 Å². The molecule has 1 aromatic carbocycles. The number of anilines is 1. The zero-order chi connectivity index (χ0) is 11.1. The minimum atomic E-state index is 0.0545. The first-order valence-electron chi connectivity index (χ1n) is 5.65. The van der Waals surface area contributed by atoms with Crippen molar-refractivity contribution in [2.75, 3.05) is 18.5 Å². The van der Waals surface area contributed by atoms with E-state index in [4.69, 9.17) is 22.1 Å². The van der Waals surface area contributed by atoms with Crippen molar-refractivity contribution < 1.29 is 4.74 Å². The van der Waals surface area contributed by atoms with E-state index in [1.54, 1.807) is 0 Å². The molecule has 0 spiro atoms. The molecule has 0 amide bonds. The number of hydrogen-bond donors (Lipinski definition) is 2. The summed E-state index contributed by atoms with van der Waals surface area (Å²) in [6.45, 7) is 1.57. The molecule has 1 fully saturated rings. The van der Waals surface area contributed by atoms with Crippen molar-refractivity contribution in [1.82, 2.24) is 0 Å². The first-order chi connectivity index (χ1) is 7.75. The molecule has 1 aromatic rings. The topological polar surface area (TPSA) is 47.3 Å². The van der Waals surface area contributed by atoms with Crippen LogP contribution in [-0.2, 0) is 4.74 Å². The molecule has 1 saturated heterocycles. The summed E-state index contributed by atoms with van der Waals surface area (Å²) >= 11 is 5.99. The van der Waals surface area contributed by atoms with Gasteiger partial charge in [0.25, 0.3) is 0 Å². The summed E-state index contributed by atoms with van der Waals surface area (Å²) in [6, 6.07) is 6.35. The second-order valence-corrected chi connectivity index (χ2v) is 4.97. The van der Waals surface area contributed by atoms with Crippen LogP contribution in [0.2, 0.25) is 5.02 Å². The van der Waals surface area contributed by atoms with E-state index in [2.05, 4.69) is 5.32 Å². The fourth-order valence-electron chi connectivity index (χ4n) is 2.67. The van der Waals surface area contributed by atoms with Crippen LogP contribution < -0.4 is 11.1 Å². The minimum Gasteiger partial charge on any atom is -0.381 e. The van der Waals surface area contributed by atoms with Gasteiger partial charge in [0.05, 0.1) is 6.61 Å². The van der Waals surface area contributed by atoms with Crippen LogP contribution in [0.5, 0.6) is 0 Å². The predicted octanol–water partition coefficient (Wildman–Crippen LogP) is 2.17. The number of benzene rings is 1. The van der Waals surface area contributed by atoms with Gasteiger partial charge < -0.3 is 15.8 Å². The Morgan fingerprint density at radius 1 is 1.44 bits per heavy atom. The van der Waals surface area contributed by atoms with Crippen LogP contribution in [0.1, 0.15) is 18.0 Å². The van der Waals surface area contributed by atoms with Gasteiger partial charge in [-0.05, 0) is 24.1 Å². The number of halogens is 1. The molecule has 0 aromatic heterocycles. The highest BCUT2D eigenvalue weighted by atomic mass is 35.5. The lowest BCUT2D eigenvalue weighted by atomic mass is 9.81. The second kappa shape index (κ2) is 3.91. The summed E-state index contributed by atoms with van der Waals surface area (Å²) in [4.78, 5) is 0. The van der Waals surface area contributed by atoms with Crippen LogP contribution in [0.25, 0.3) is 0 Å². The summed E-state index contributed by atoms with van der Waals surface area (Å²) in [5.74, 6) is 0.377. The third-order valence-corrected chi connectivity index (χ3v) is 3.81. The lowest BCUT2D eigenvalue weighted by molar-refractivity contribution is 0.0342. The van der Waals surface area contributed by atoms with Gasteiger partial charge in [-0.25, -0.2) is 0 Å². The van der Waals surface area contributed by atoms with Gasteiger partial charge in [0, 0.05) is 35.3 Å². The maximum Gasteiger partial charge on any atom is 0.0532 e. The molecule has 0 radical (unpaired) electrons. The van der Waals surface area contributed by atoms with Crippen LogP contribution in [0.3, 0.4) is 0 Å². The van der Waals surface area contributed by atoms with Crippen LogP contribution in [0, 0.1) is 5.92 Å². The van der Waals surface area contributed by atoms with Crippen molar-refractivity contribution in [2.24, 2.45) is 11.7 Å². The summed E-state index contributed by atoms with van der Waals surface area (Å²) in [5, 5.41) is 4.28. The van der Waals surface area contributed by atoms with Gasteiger partial charge in [-0.2, -0.15) is 0 Å². The fraction of sp³-hybridized carbons (Fsp3) is 0.500. The number of rotatable bonds is 0. The number of ether oxygens (including phenoxy) is 1. The zero-order valence-corrected chi connectivity index (χ0v) is 9.70. The Kier molecular flexibility index (Phi) is 2.54. The number of nitrogens with one attached hydrogen (secondary N) is 1.